The number of anilines is 1. The lowest BCUT2D eigenvalue weighted by molar-refractivity contribution is -0.125. The second kappa shape index (κ2) is 6.81. The van der Waals surface area contributed by atoms with E-state index in [-0.39, 0.29) is 11.8 Å². The maximum absolute atomic E-state index is 12.5. The number of nitrogens with one attached hydrogen (secondary N) is 1. The number of amides is 1. The predicted molar refractivity (Wildman–Crippen MR) is 87.0 cm³/mol. The van der Waals surface area contributed by atoms with Crippen LogP contribution < -0.4 is 10.2 Å². The Labute approximate surface area is 135 Å². The molecule has 1 N–H and O–H groups in total. The number of hydrogen-bond acceptors (Lipinski definition) is 5. The fourth-order valence-electron chi connectivity index (χ4n) is 3.01. The Morgan fingerprint density at radius 2 is 2.30 bits per heavy atom. The van der Waals surface area contributed by atoms with E-state index in [0.717, 1.165) is 42.2 Å². The third-order valence-corrected chi connectivity index (χ3v) is 4.39. The second-order valence-electron chi connectivity index (χ2n) is 5.99. The summed E-state index contributed by atoms with van der Waals surface area (Å²) in [5.74, 6) is 1.79. The summed E-state index contributed by atoms with van der Waals surface area (Å²) in [4.78, 5) is 19.0. The topological polar surface area (TPSA) is 71.3 Å². The zero-order chi connectivity index (χ0) is 16.2. The van der Waals surface area contributed by atoms with Crippen molar-refractivity contribution in [1.29, 1.82) is 0 Å². The number of hydrogen-bond donors (Lipinski definition) is 1. The van der Waals surface area contributed by atoms with E-state index >= 15 is 0 Å². The lowest BCUT2D eigenvalue weighted by atomic mass is 9.97. The molecular weight excluding hydrogens is 292 g/mol. The number of rotatable bonds is 4. The first-order valence-electron chi connectivity index (χ1n) is 8.00. The average molecular weight is 314 g/mol. The van der Waals surface area contributed by atoms with Gasteiger partial charge in [0.1, 0.15) is 11.6 Å². The van der Waals surface area contributed by atoms with Gasteiger partial charge >= 0.3 is 0 Å². The maximum atomic E-state index is 12.5. The number of aromatic nitrogens is 2. The van der Waals surface area contributed by atoms with E-state index in [4.69, 9.17) is 4.52 Å². The van der Waals surface area contributed by atoms with Crippen molar-refractivity contribution in [1.82, 2.24) is 15.5 Å². The summed E-state index contributed by atoms with van der Waals surface area (Å²) in [6.07, 6.45) is 3.70. The van der Waals surface area contributed by atoms with Gasteiger partial charge < -0.3 is 14.7 Å². The molecule has 1 saturated heterocycles. The molecule has 1 unspecified atom stereocenters. The van der Waals surface area contributed by atoms with Crippen molar-refractivity contribution < 1.29 is 9.32 Å². The standard InChI is InChI=1S/C17H22N4O2/c1-12-15(13(2)23-20-12)10-19-17(22)14-6-5-9-21(11-14)16-7-3-4-8-18-16/h3-4,7-8,14H,5-6,9-11H2,1-2H3,(H,19,22). The zero-order valence-electron chi connectivity index (χ0n) is 13.6. The third kappa shape index (κ3) is 3.52. The number of piperidine rings is 1. The van der Waals surface area contributed by atoms with E-state index in [9.17, 15) is 4.79 Å². The lowest BCUT2D eigenvalue weighted by Gasteiger charge is -2.32. The Balaban J connectivity index is 1.59. The summed E-state index contributed by atoms with van der Waals surface area (Å²) >= 11 is 0. The molecule has 3 rings (SSSR count). The Hall–Kier alpha value is -2.37. The van der Waals surface area contributed by atoms with Crippen LogP contribution in [0.5, 0.6) is 0 Å². The summed E-state index contributed by atoms with van der Waals surface area (Å²) in [6.45, 7) is 5.89. The van der Waals surface area contributed by atoms with Crippen LogP contribution in [0.4, 0.5) is 5.82 Å². The molecular formula is C17H22N4O2. The lowest BCUT2D eigenvalue weighted by Crippen LogP contribution is -2.43. The van der Waals surface area contributed by atoms with Crippen LogP contribution in [0.2, 0.25) is 0 Å². The van der Waals surface area contributed by atoms with Crippen LogP contribution in [-0.4, -0.2) is 29.1 Å². The minimum atomic E-state index is -0.00812. The molecule has 2 aromatic heterocycles. The summed E-state index contributed by atoms with van der Waals surface area (Å²) < 4.78 is 5.13. The average Bonchev–Trinajstić information content (AvgIpc) is 2.92. The van der Waals surface area contributed by atoms with Crippen molar-refractivity contribution in [3.63, 3.8) is 0 Å². The largest absolute Gasteiger partial charge is 0.361 e. The highest BCUT2D eigenvalue weighted by molar-refractivity contribution is 5.79. The van der Waals surface area contributed by atoms with Crippen LogP contribution in [-0.2, 0) is 11.3 Å². The molecule has 3 heterocycles. The van der Waals surface area contributed by atoms with E-state index in [2.05, 4.69) is 20.4 Å². The Bertz CT molecular complexity index is 649. The molecule has 2 aromatic rings. The fraction of sp³-hybridized carbons (Fsp3) is 0.471. The summed E-state index contributed by atoms with van der Waals surface area (Å²) in [5.41, 5.74) is 1.80. The van der Waals surface area contributed by atoms with Crippen LogP contribution >= 0.6 is 0 Å². The highest BCUT2D eigenvalue weighted by atomic mass is 16.5. The smallest absolute Gasteiger partial charge is 0.225 e. The Morgan fingerprint density at radius 1 is 1.43 bits per heavy atom. The molecule has 1 fully saturated rings. The van der Waals surface area contributed by atoms with Crippen LogP contribution in [0.3, 0.4) is 0 Å². The molecule has 0 aromatic carbocycles. The van der Waals surface area contributed by atoms with Gasteiger partial charge in [0.05, 0.1) is 11.6 Å². The molecule has 1 amide bonds. The first-order valence-corrected chi connectivity index (χ1v) is 8.00. The van der Waals surface area contributed by atoms with Crippen LogP contribution in [0.25, 0.3) is 0 Å². The molecule has 1 atom stereocenters. The van der Waals surface area contributed by atoms with Crippen molar-refractivity contribution in [2.24, 2.45) is 5.92 Å². The van der Waals surface area contributed by atoms with Gasteiger partial charge in [-0.1, -0.05) is 11.2 Å². The van der Waals surface area contributed by atoms with E-state index in [1.165, 1.54) is 0 Å². The zero-order valence-corrected chi connectivity index (χ0v) is 13.6. The predicted octanol–water partition coefficient (Wildman–Crippen LogP) is 2.22. The Morgan fingerprint density at radius 3 is 3.00 bits per heavy atom. The number of aryl methyl sites for hydroxylation is 2. The van der Waals surface area contributed by atoms with Crippen LogP contribution in [0.15, 0.2) is 28.9 Å². The molecule has 122 valence electrons. The van der Waals surface area contributed by atoms with E-state index < -0.39 is 0 Å². The van der Waals surface area contributed by atoms with Gasteiger partial charge in [0.25, 0.3) is 0 Å². The summed E-state index contributed by atoms with van der Waals surface area (Å²) in [7, 11) is 0. The second-order valence-corrected chi connectivity index (χ2v) is 5.99. The van der Waals surface area contributed by atoms with Crippen LogP contribution in [0, 0.1) is 19.8 Å². The third-order valence-electron chi connectivity index (χ3n) is 4.39. The fourth-order valence-corrected chi connectivity index (χ4v) is 3.01. The van der Waals surface area contributed by atoms with Gasteiger partial charge in [-0.05, 0) is 38.8 Å². The first-order chi connectivity index (χ1) is 11.1. The minimum absolute atomic E-state index is 0.00812. The molecule has 6 nitrogen and oxygen atoms in total. The van der Waals surface area contributed by atoms with Gasteiger partial charge in [-0.2, -0.15) is 0 Å². The molecule has 23 heavy (non-hydrogen) atoms. The van der Waals surface area contributed by atoms with Gasteiger partial charge in [-0.3, -0.25) is 4.79 Å². The van der Waals surface area contributed by atoms with Crippen molar-refractivity contribution in [3.8, 4) is 0 Å². The van der Waals surface area contributed by atoms with E-state index in [0.29, 0.717) is 13.1 Å². The molecule has 6 heteroatoms. The van der Waals surface area contributed by atoms with E-state index in [1.807, 2.05) is 32.0 Å². The molecule has 1 aliphatic rings. The molecule has 1 aliphatic heterocycles. The highest BCUT2D eigenvalue weighted by Gasteiger charge is 2.26. The van der Waals surface area contributed by atoms with Crippen molar-refractivity contribution >= 4 is 11.7 Å². The number of nitrogens with zero attached hydrogens (tertiary/aromatic N) is 3. The normalized spacial score (nSPS) is 18.0. The number of carbonyl (C=O) groups excluding carboxylic acids is 1. The van der Waals surface area contributed by atoms with Gasteiger partial charge in [0.15, 0.2) is 0 Å². The SMILES string of the molecule is Cc1noc(C)c1CNC(=O)C1CCCN(c2ccccn2)C1. The summed E-state index contributed by atoms with van der Waals surface area (Å²) in [5, 5.41) is 6.94. The minimum Gasteiger partial charge on any atom is -0.361 e. The monoisotopic (exact) mass is 314 g/mol. The Kier molecular flexibility index (Phi) is 4.60. The molecule has 0 bridgehead atoms. The number of carbonyl (C=O) groups is 1. The van der Waals surface area contributed by atoms with Gasteiger partial charge in [-0.25, -0.2) is 4.98 Å². The maximum Gasteiger partial charge on any atom is 0.225 e. The van der Waals surface area contributed by atoms with Crippen molar-refractivity contribution in [2.75, 3.05) is 18.0 Å². The summed E-state index contributed by atoms with van der Waals surface area (Å²) in [6, 6.07) is 5.87. The van der Waals surface area contributed by atoms with Crippen molar-refractivity contribution in [3.05, 3.63) is 41.4 Å². The molecule has 0 saturated carbocycles. The number of pyridine rings is 1. The van der Waals surface area contributed by atoms with Crippen LogP contribution in [0.1, 0.15) is 29.9 Å². The van der Waals surface area contributed by atoms with Gasteiger partial charge in [0.2, 0.25) is 5.91 Å². The van der Waals surface area contributed by atoms with Gasteiger partial charge in [-0.15, -0.1) is 0 Å². The molecule has 0 radical (unpaired) electrons. The molecule has 0 aliphatic carbocycles. The van der Waals surface area contributed by atoms with Gasteiger partial charge in [0, 0.05) is 31.4 Å². The van der Waals surface area contributed by atoms with Crippen molar-refractivity contribution in [2.45, 2.75) is 33.2 Å². The van der Waals surface area contributed by atoms with E-state index in [1.54, 1.807) is 6.20 Å². The first kappa shape index (κ1) is 15.5. The quantitative estimate of drug-likeness (QED) is 0.937. The molecule has 0 spiro atoms. The highest BCUT2D eigenvalue weighted by Crippen LogP contribution is 2.21.